The van der Waals surface area contributed by atoms with E-state index in [1.54, 1.807) is 0 Å². The van der Waals surface area contributed by atoms with Crippen LogP contribution in [0.4, 0.5) is 0 Å². The van der Waals surface area contributed by atoms with Gasteiger partial charge in [0.2, 0.25) is 0 Å². The SMILES string of the molecule is C=CC1=C(/C=C\C)c2c(c3c(c4ccccc24)c2cc(-c4nc(-c5ccccc5)nc(-c5ccccc5)n4)ccc2n3-c2ccccc2)C1(C)C. The molecule has 2 heterocycles. The molecule has 4 nitrogen and oxygen atoms in total. The second-order valence-electron chi connectivity index (χ2n) is 13.6. The van der Waals surface area contributed by atoms with Crippen molar-refractivity contribution < 1.29 is 0 Å². The molecular formula is C47H36N4. The Labute approximate surface area is 297 Å². The molecule has 0 spiro atoms. The molecule has 6 aromatic carbocycles. The third-order valence-electron chi connectivity index (χ3n) is 10.3. The molecule has 0 aliphatic heterocycles. The zero-order valence-corrected chi connectivity index (χ0v) is 28.9. The zero-order valence-electron chi connectivity index (χ0n) is 28.9. The second kappa shape index (κ2) is 11.9. The summed E-state index contributed by atoms with van der Waals surface area (Å²) in [5.41, 5.74) is 11.1. The molecule has 1 aliphatic carbocycles. The van der Waals surface area contributed by atoms with Gasteiger partial charge < -0.3 is 4.57 Å². The Hall–Kier alpha value is -6.39. The number of nitrogens with zero attached hydrogens (tertiary/aromatic N) is 4. The van der Waals surface area contributed by atoms with Gasteiger partial charge in [0, 0.05) is 38.6 Å². The minimum atomic E-state index is -0.290. The molecule has 0 radical (unpaired) electrons. The first-order valence-corrected chi connectivity index (χ1v) is 17.5. The van der Waals surface area contributed by atoms with Crippen molar-refractivity contribution >= 4 is 38.2 Å². The summed E-state index contributed by atoms with van der Waals surface area (Å²) in [7, 11) is 0. The van der Waals surface area contributed by atoms with E-state index < -0.39 is 0 Å². The van der Waals surface area contributed by atoms with Crippen LogP contribution < -0.4 is 0 Å². The lowest BCUT2D eigenvalue weighted by atomic mass is 9.79. The lowest BCUT2D eigenvalue weighted by Gasteiger charge is -2.25. The summed E-state index contributed by atoms with van der Waals surface area (Å²) < 4.78 is 2.46. The van der Waals surface area contributed by atoms with Crippen molar-refractivity contribution in [3.63, 3.8) is 0 Å². The fraction of sp³-hybridized carbons (Fsp3) is 0.0851. The van der Waals surface area contributed by atoms with Crippen molar-refractivity contribution in [2.24, 2.45) is 0 Å². The molecule has 4 heteroatoms. The number of hydrogen-bond acceptors (Lipinski definition) is 3. The minimum Gasteiger partial charge on any atom is -0.309 e. The first kappa shape index (κ1) is 30.7. The Morgan fingerprint density at radius 2 is 1.16 bits per heavy atom. The molecule has 8 aromatic rings. The van der Waals surface area contributed by atoms with Crippen LogP contribution in [0.15, 0.2) is 164 Å². The first-order valence-electron chi connectivity index (χ1n) is 17.5. The maximum atomic E-state index is 5.09. The standard InChI is InChI=1S/C47H36N4/c1-5-18-36-38(6-2)47(3,4)42-40(36)34-25-16-17-26-35(34)41-37-29-32(27-28-39(37)51(43(41)42)33-23-14-9-15-24-33)46-49-44(30-19-10-7-11-20-30)48-45(50-46)31-21-12-8-13-22-31/h5-29H,2H2,1,3-4H3/b18-5-. The van der Waals surface area contributed by atoms with Gasteiger partial charge in [-0.15, -0.1) is 0 Å². The largest absolute Gasteiger partial charge is 0.309 e. The summed E-state index contributed by atoms with van der Waals surface area (Å²) in [6.45, 7) is 11.1. The van der Waals surface area contributed by atoms with Gasteiger partial charge in [-0.2, -0.15) is 0 Å². The Kier molecular flexibility index (Phi) is 7.15. The lowest BCUT2D eigenvalue weighted by molar-refractivity contribution is 0.659. The molecule has 0 fully saturated rings. The van der Waals surface area contributed by atoms with Crippen LogP contribution in [0.5, 0.6) is 0 Å². The molecule has 2 aromatic heterocycles. The van der Waals surface area contributed by atoms with E-state index in [2.05, 4.69) is 123 Å². The van der Waals surface area contributed by atoms with Crippen molar-refractivity contribution in [1.29, 1.82) is 0 Å². The monoisotopic (exact) mass is 656 g/mol. The van der Waals surface area contributed by atoms with Gasteiger partial charge in [-0.25, -0.2) is 15.0 Å². The van der Waals surface area contributed by atoms with Gasteiger partial charge in [0.15, 0.2) is 17.5 Å². The molecule has 0 N–H and O–H groups in total. The van der Waals surface area contributed by atoms with E-state index in [4.69, 9.17) is 15.0 Å². The van der Waals surface area contributed by atoms with Crippen LogP contribution in [0.25, 0.3) is 78.0 Å². The summed E-state index contributed by atoms with van der Waals surface area (Å²) in [4.78, 5) is 15.1. The molecule has 244 valence electrons. The van der Waals surface area contributed by atoms with E-state index in [-0.39, 0.29) is 5.41 Å². The van der Waals surface area contributed by atoms with Crippen molar-refractivity contribution in [2.75, 3.05) is 0 Å². The molecule has 1 aliphatic rings. The second-order valence-corrected chi connectivity index (χ2v) is 13.6. The van der Waals surface area contributed by atoms with Crippen molar-refractivity contribution in [3.05, 3.63) is 175 Å². The van der Waals surface area contributed by atoms with Gasteiger partial charge in [-0.3, -0.25) is 0 Å². The van der Waals surface area contributed by atoms with E-state index in [1.165, 1.54) is 43.9 Å². The zero-order chi connectivity index (χ0) is 34.7. The Morgan fingerprint density at radius 3 is 1.75 bits per heavy atom. The summed E-state index contributed by atoms with van der Waals surface area (Å²) in [5, 5.41) is 4.85. The van der Waals surface area contributed by atoms with Crippen LogP contribution in [-0.4, -0.2) is 19.5 Å². The van der Waals surface area contributed by atoms with Crippen molar-refractivity contribution in [2.45, 2.75) is 26.2 Å². The number of rotatable bonds is 6. The quantitative estimate of drug-likeness (QED) is 0.179. The molecule has 0 bridgehead atoms. The predicted octanol–water partition coefficient (Wildman–Crippen LogP) is 11.9. The van der Waals surface area contributed by atoms with E-state index >= 15 is 0 Å². The van der Waals surface area contributed by atoms with Crippen LogP contribution in [0.3, 0.4) is 0 Å². The highest BCUT2D eigenvalue weighted by Gasteiger charge is 2.40. The van der Waals surface area contributed by atoms with Crippen LogP contribution in [0.1, 0.15) is 31.9 Å². The van der Waals surface area contributed by atoms with Gasteiger partial charge in [0.05, 0.1) is 11.0 Å². The molecular weight excluding hydrogens is 621 g/mol. The van der Waals surface area contributed by atoms with Crippen molar-refractivity contribution in [1.82, 2.24) is 19.5 Å². The summed E-state index contributed by atoms with van der Waals surface area (Å²) >= 11 is 0. The number of para-hydroxylation sites is 1. The number of allylic oxidation sites excluding steroid dienone is 5. The molecule has 51 heavy (non-hydrogen) atoms. The van der Waals surface area contributed by atoms with E-state index in [0.717, 1.165) is 33.3 Å². The van der Waals surface area contributed by atoms with Gasteiger partial charge in [-0.05, 0) is 70.3 Å². The highest BCUT2D eigenvalue weighted by molar-refractivity contribution is 6.26. The maximum Gasteiger partial charge on any atom is 0.164 e. The number of hydrogen-bond donors (Lipinski definition) is 0. The highest BCUT2D eigenvalue weighted by atomic mass is 15.0. The Bertz CT molecular complexity index is 2660. The fourth-order valence-electron chi connectivity index (χ4n) is 8.09. The number of aromatic nitrogens is 4. The first-order chi connectivity index (χ1) is 25.0. The fourth-order valence-corrected chi connectivity index (χ4v) is 8.09. The summed E-state index contributed by atoms with van der Waals surface area (Å²) in [5.74, 6) is 1.94. The topological polar surface area (TPSA) is 43.6 Å². The van der Waals surface area contributed by atoms with Crippen LogP contribution in [0, 0.1) is 0 Å². The smallest absolute Gasteiger partial charge is 0.164 e. The molecule has 9 rings (SSSR count). The highest BCUT2D eigenvalue weighted by Crippen LogP contribution is 2.55. The van der Waals surface area contributed by atoms with Crippen LogP contribution in [-0.2, 0) is 5.41 Å². The van der Waals surface area contributed by atoms with E-state index in [1.807, 2.05) is 60.7 Å². The normalized spacial score (nSPS) is 13.9. The molecule has 0 saturated carbocycles. The molecule has 0 unspecified atom stereocenters. The van der Waals surface area contributed by atoms with Gasteiger partial charge in [0.1, 0.15) is 0 Å². The Morgan fingerprint density at radius 1 is 0.608 bits per heavy atom. The predicted molar refractivity (Wildman–Crippen MR) is 213 cm³/mol. The van der Waals surface area contributed by atoms with Crippen LogP contribution >= 0.6 is 0 Å². The van der Waals surface area contributed by atoms with Crippen LogP contribution in [0.2, 0.25) is 0 Å². The van der Waals surface area contributed by atoms with Crippen molar-refractivity contribution in [3.8, 4) is 39.9 Å². The van der Waals surface area contributed by atoms with Gasteiger partial charge in [-0.1, -0.05) is 142 Å². The number of benzene rings is 6. The molecule has 0 atom stereocenters. The third kappa shape index (κ3) is 4.71. The average Bonchev–Trinajstić information content (AvgIpc) is 3.63. The summed E-state index contributed by atoms with van der Waals surface area (Å²) in [6, 6.07) is 46.6. The number of fused-ring (bicyclic) bond motifs is 8. The maximum absolute atomic E-state index is 5.09. The average molecular weight is 657 g/mol. The molecule has 0 saturated heterocycles. The lowest BCUT2D eigenvalue weighted by Crippen LogP contribution is -2.17. The van der Waals surface area contributed by atoms with Gasteiger partial charge >= 0.3 is 0 Å². The minimum absolute atomic E-state index is 0.290. The van der Waals surface area contributed by atoms with E-state index in [9.17, 15) is 0 Å². The van der Waals surface area contributed by atoms with E-state index in [0.29, 0.717) is 17.5 Å². The Balaban J connectivity index is 1.41. The molecule has 0 amide bonds. The van der Waals surface area contributed by atoms with Gasteiger partial charge in [0.25, 0.3) is 0 Å². The summed E-state index contributed by atoms with van der Waals surface area (Å²) in [6.07, 6.45) is 6.45. The third-order valence-corrected chi connectivity index (χ3v) is 10.3.